The smallest absolute Gasteiger partial charge is 0.225 e. The number of rotatable bonds is 2. The predicted molar refractivity (Wildman–Crippen MR) is 72.5 cm³/mol. The van der Waals surface area contributed by atoms with Crippen LogP contribution < -0.4 is 4.90 Å². The van der Waals surface area contributed by atoms with E-state index in [1.165, 1.54) is 12.1 Å². The van der Waals surface area contributed by atoms with Crippen molar-refractivity contribution in [3.05, 3.63) is 29.8 Å². The van der Waals surface area contributed by atoms with Gasteiger partial charge in [0, 0.05) is 38.2 Å². The molecule has 1 amide bonds. The number of benzene rings is 1. The van der Waals surface area contributed by atoms with Crippen molar-refractivity contribution in [3.8, 4) is 0 Å². The fourth-order valence-corrected chi connectivity index (χ4v) is 2.82. The van der Waals surface area contributed by atoms with Gasteiger partial charge >= 0.3 is 0 Å². The third-order valence-electron chi connectivity index (χ3n) is 4.30. The predicted octanol–water partition coefficient (Wildman–Crippen LogP) is 2.41. The molecule has 1 saturated heterocycles. The minimum Gasteiger partial charge on any atom is -0.366 e. The number of piperazine rings is 1. The zero-order valence-corrected chi connectivity index (χ0v) is 11.3. The molecule has 108 valence electrons. The van der Waals surface area contributed by atoms with E-state index in [4.69, 9.17) is 0 Å². The first kappa shape index (κ1) is 13.3. The third kappa shape index (κ3) is 2.49. The quantitative estimate of drug-likeness (QED) is 0.830. The lowest BCUT2D eigenvalue weighted by atomic mass is 9.84. The number of anilines is 1. The van der Waals surface area contributed by atoms with Gasteiger partial charge in [-0.2, -0.15) is 0 Å². The molecule has 0 unspecified atom stereocenters. The van der Waals surface area contributed by atoms with Crippen molar-refractivity contribution in [1.82, 2.24) is 4.90 Å². The van der Waals surface area contributed by atoms with Gasteiger partial charge in [-0.05, 0) is 25.0 Å². The Kier molecular flexibility index (Phi) is 3.59. The lowest BCUT2D eigenvalue weighted by Crippen LogP contribution is -2.51. The minimum absolute atomic E-state index is 0.212. The molecule has 2 fully saturated rings. The Bertz CT molecular complexity index is 509. The molecule has 1 aromatic carbocycles. The molecule has 1 aliphatic heterocycles. The zero-order chi connectivity index (χ0) is 14.1. The van der Waals surface area contributed by atoms with Gasteiger partial charge in [0.05, 0.1) is 5.69 Å². The first-order chi connectivity index (χ1) is 9.65. The van der Waals surface area contributed by atoms with E-state index in [1.54, 1.807) is 0 Å². The molecular formula is C15H18F2N2O. The molecule has 0 bridgehead atoms. The second-order valence-electron chi connectivity index (χ2n) is 5.54. The SMILES string of the molecule is O=C(C1CCC1)N1CCN(c2ccc(F)cc2F)CC1. The lowest BCUT2D eigenvalue weighted by molar-refractivity contribution is -0.138. The van der Waals surface area contributed by atoms with Gasteiger partial charge in [0.2, 0.25) is 5.91 Å². The number of nitrogens with zero attached hydrogens (tertiary/aromatic N) is 2. The highest BCUT2D eigenvalue weighted by molar-refractivity contribution is 5.79. The van der Waals surface area contributed by atoms with Crippen LogP contribution in [0.1, 0.15) is 19.3 Å². The summed E-state index contributed by atoms with van der Waals surface area (Å²) in [5, 5.41) is 0. The molecule has 1 saturated carbocycles. The fraction of sp³-hybridized carbons (Fsp3) is 0.533. The third-order valence-corrected chi connectivity index (χ3v) is 4.30. The molecular weight excluding hydrogens is 262 g/mol. The van der Waals surface area contributed by atoms with E-state index in [9.17, 15) is 13.6 Å². The number of hydrogen-bond acceptors (Lipinski definition) is 2. The number of carbonyl (C=O) groups is 1. The maximum absolute atomic E-state index is 13.7. The van der Waals surface area contributed by atoms with E-state index in [2.05, 4.69) is 0 Å². The standard InChI is InChI=1S/C15H18F2N2O/c16-12-4-5-14(13(17)10-12)18-6-8-19(9-7-18)15(20)11-2-1-3-11/h4-5,10-11H,1-3,6-9H2. The number of amides is 1. The van der Waals surface area contributed by atoms with Crippen molar-refractivity contribution in [3.63, 3.8) is 0 Å². The van der Waals surface area contributed by atoms with Gasteiger partial charge in [-0.1, -0.05) is 6.42 Å². The van der Waals surface area contributed by atoms with Crippen molar-refractivity contribution < 1.29 is 13.6 Å². The van der Waals surface area contributed by atoms with E-state index in [1.807, 2.05) is 9.80 Å². The van der Waals surface area contributed by atoms with Crippen LogP contribution in [0.4, 0.5) is 14.5 Å². The normalized spacial score (nSPS) is 19.9. The van der Waals surface area contributed by atoms with Crippen LogP contribution in [0.2, 0.25) is 0 Å². The van der Waals surface area contributed by atoms with Crippen LogP contribution in [-0.2, 0) is 4.79 Å². The molecule has 2 aliphatic rings. The van der Waals surface area contributed by atoms with E-state index < -0.39 is 11.6 Å². The number of hydrogen-bond donors (Lipinski definition) is 0. The molecule has 1 heterocycles. The van der Waals surface area contributed by atoms with E-state index in [-0.39, 0.29) is 11.8 Å². The van der Waals surface area contributed by atoms with Crippen molar-refractivity contribution in [2.75, 3.05) is 31.1 Å². The van der Waals surface area contributed by atoms with Crippen LogP contribution in [0.25, 0.3) is 0 Å². The minimum atomic E-state index is -0.565. The monoisotopic (exact) mass is 280 g/mol. The summed E-state index contributed by atoms with van der Waals surface area (Å²) in [6, 6.07) is 3.64. The number of carbonyl (C=O) groups excluding carboxylic acids is 1. The van der Waals surface area contributed by atoms with E-state index in [0.717, 1.165) is 25.3 Å². The molecule has 3 nitrogen and oxygen atoms in total. The van der Waals surface area contributed by atoms with Crippen molar-refractivity contribution in [1.29, 1.82) is 0 Å². The van der Waals surface area contributed by atoms with Gasteiger partial charge in [-0.3, -0.25) is 4.79 Å². The topological polar surface area (TPSA) is 23.6 Å². The molecule has 3 rings (SSSR count). The molecule has 0 aromatic heterocycles. The summed E-state index contributed by atoms with van der Waals surface area (Å²) in [5.41, 5.74) is 0.419. The van der Waals surface area contributed by atoms with E-state index in [0.29, 0.717) is 31.9 Å². The average Bonchev–Trinajstić information content (AvgIpc) is 2.37. The molecule has 0 N–H and O–H groups in total. The zero-order valence-electron chi connectivity index (χ0n) is 11.3. The van der Waals surface area contributed by atoms with Crippen molar-refractivity contribution in [2.24, 2.45) is 5.92 Å². The van der Waals surface area contributed by atoms with Gasteiger partial charge in [-0.15, -0.1) is 0 Å². The Balaban J connectivity index is 1.61. The summed E-state index contributed by atoms with van der Waals surface area (Å²) >= 11 is 0. The van der Waals surface area contributed by atoms with E-state index >= 15 is 0 Å². The Labute approximate surface area is 117 Å². The molecule has 5 heteroatoms. The van der Waals surface area contributed by atoms with Crippen LogP contribution in [-0.4, -0.2) is 37.0 Å². The molecule has 20 heavy (non-hydrogen) atoms. The highest BCUT2D eigenvalue weighted by Gasteiger charge is 2.31. The van der Waals surface area contributed by atoms with Crippen molar-refractivity contribution in [2.45, 2.75) is 19.3 Å². The maximum Gasteiger partial charge on any atom is 0.225 e. The molecule has 1 aliphatic carbocycles. The van der Waals surface area contributed by atoms with Gasteiger partial charge in [0.1, 0.15) is 11.6 Å². The Morgan fingerprint density at radius 2 is 1.80 bits per heavy atom. The Morgan fingerprint density at radius 3 is 2.35 bits per heavy atom. The van der Waals surface area contributed by atoms with Crippen LogP contribution in [0.3, 0.4) is 0 Å². The van der Waals surface area contributed by atoms with Crippen LogP contribution in [0, 0.1) is 17.6 Å². The Morgan fingerprint density at radius 1 is 1.10 bits per heavy atom. The summed E-state index contributed by atoms with van der Waals surface area (Å²) in [7, 11) is 0. The van der Waals surface area contributed by atoms with Crippen LogP contribution in [0.15, 0.2) is 18.2 Å². The summed E-state index contributed by atoms with van der Waals surface area (Å²) < 4.78 is 26.6. The first-order valence-corrected chi connectivity index (χ1v) is 7.14. The summed E-state index contributed by atoms with van der Waals surface area (Å²) in [5.74, 6) is -0.645. The Hall–Kier alpha value is -1.65. The second kappa shape index (κ2) is 5.38. The summed E-state index contributed by atoms with van der Waals surface area (Å²) in [6.45, 7) is 2.43. The van der Waals surface area contributed by atoms with Crippen LogP contribution in [0.5, 0.6) is 0 Å². The average molecular weight is 280 g/mol. The molecule has 1 aromatic rings. The summed E-state index contributed by atoms with van der Waals surface area (Å²) in [4.78, 5) is 15.9. The molecule has 0 radical (unpaired) electrons. The van der Waals surface area contributed by atoms with Gasteiger partial charge in [0.25, 0.3) is 0 Å². The van der Waals surface area contributed by atoms with Gasteiger partial charge in [-0.25, -0.2) is 8.78 Å². The second-order valence-corrected chi connectivity index (χ2v) is 5.54. The van der Waals surface area contributed by atoms with Crippen LogP contribution >= 0.6 is 0 Å². The maximum atomic E-state index is 13.7. The molecule has 0 atom stereocenters. The number of halogens is 2. The highest BCUT2D eigenvalue weighted by atomic mass is 19.1. The lowest BCUT2D eigenvalue weighted by Gasteiger charge is -2.39. The van der Waals surface area contributed by atoms with Gasteiger partial charge < -0.3 is 9.80 Å². The first-order valence-electron chi connectivity index (χ1n) is 7.14. The fourth-order valence-electron chi connectivity index (χ4n) is 2.82. The largest absolute Gasteiger partial charge is 0.366 e. The summed E-state index contributed by atoms with van der Waals surface area (Å²) in [6.07, 6.45) is 3.16. The highest BCUT2D eigenvalue weighted by Crippen LogP contribution is 2.29. The molecule has 0 spiro atoms. The van der Waals surface area contributed by atoms with Gasteiger partial charge in [0.15, 0.2) is 0 Å². The van der Waals surface area contributed by atoms with Crippen molar-refractivity contribution >= 4 is 11.6 Å².